The van der Waals surface area contributed by atoms with Gasteiger partial charge >= 0.3 is 0 Å². The molecule has 0 bridgehead atoms. The molecule has 3 N–H and O–H groups in total. The first-order valence-electron chi connectivity index (χ1n) is 11.3. The molecule has 0 radical (unpaired) electrons. The summed E-state index contributed by atoms with van der Waals surface area (Å²) in [5.74, 6) is 0.585. The van der Waals surface area contributed by atoms with Crippen molar-refractivity contribution in [3.8, 4) is 28.1 Å². The number of nitrogens with zero attached hydrogens (tertiary/aromatic N) is 1. The minimum Gasteiger partial charge on any atom is -0.497 e. The number of aryl methyl sites for hydroxylation is 1. The summed E-state index contributed by atoms with van der Waals surface area (Å²) >= 11 is 1.32. The van der Waals surface area contributed by atoms with Crippen LogP contribution in [0.25, 0.3) is 32.6 Å². The van der Waals surface area contributed by atoms with Crippen molar-refractivity contribution in [2.75, 3.05) is 12.8 Å². The second-order valence-corrected chi connectivity index (χ2v) is 9.34. The van der Waals surface area contributed by atoms with Crippen molar-refractivity contribution in [2.24, 2.45) is 0 Å². The predicted octanol–water partition coefficient (Wildman–Crippen LogP) is 6.46. The Bertz CT molecular complexity index is 1490. The highest BCUT2D eigenvalue weighted by Gasteiger charge is 2.21. The van der Waals surface area contributed by atoms with Gasteiger partial charge in [0.1, 0.15) is 15.5 Å². The molecule has 6 heteroatoms. The number of hydrogen-bond donors (Lipinski definition) is 2. The predicted molar refractivity (Wildman–Crippen MR) is 144 cm³/mol. The maximum absolute atomic E-state index is 13.1. The molecule has 0 saturated carbocycles. The number of nitrogens with one attached hydrogen (secondary N) is 1. The Morgan fingerprint density at radius 1 is 0.971 bits per heavy atom. The van der Waals surface area contributed by atoms with Crippen molar-refractivity contribution in [3.63, 3.8) is 0 Å². The maximum atomic E-state index is 13.1. The van der Waals surface area contributed by atoms with E-state index in [9.17, 15) is 4.79 Å². The number of nitrogen functional groups attached to an aromatic ring is 1. The van der Waals surface area contributed by atoms with Gasteiger partial charge in [0, 0.05) is 17.5 Å². The summed E-state index contributed by atoms with van der Waals surface area (Å²) < 4.78 is 5.30. The Morgan fingerprint density at radius 2 is 1.66 bits per heavy atom. The third-order valence-electron chi connectivity index (χ3n) is 5.95. The fourth-order valence-electron chi connectivity index (χ4n) is 4.02. The Balaban J connectivity index is 1.60. The first kappa shape index (κ1) is 22.6. The van der Waals surface area contributed by atoms with E-state index in [4.69, 9.17) is 15.5 Å². The third-order valence-corrected chi connectivity index (χ3v) is 7.05. The smallest absolute Gasteiger partial charge is 0.263 e. The fourth-order valence-corrected chi connectivity index (χ4v) is 5.05. The highest BCUT2D eigenvalue weighted by atomic mass is 32.1. The van der Waals surface area contributed by atoms with Crippen LogP contribution in [0.1, 0.15) is 20.8 Å². The van der Waals surface area contributed by atoms with Crippen LogP contribution in [0.15, 0.2) is 84.9 Å². The van der Waals surface area contributed by atoms with Crippen LogP contribution in [0.4, 0.5) is 5.69 Å². The van der Waals surface area contributed by atoms with E-state index in [1.54, 1.807) is 7.11 Å². The Hall–Kier alpha value is -4.16. The number of amides is 1. The number of anilines is 1. The SMILES string of the molecule is COc1ccc(-c2cc(-c3ccc(C)cc3)c3c(N)c(C(=O)NCc4ccccc4)sc3n2)cc1. The zero-order chi connectivity index (χ0) is 24.4. The second kappa shape index (κ2) is 9.60. The number of hydrogen-bond acceptors (Lipinski definition) is 5. The minimum absolute atomic E-state index is 0.199. The molecule has 0 aliphatic rings. The monoisotopic (exact) mass is 479 g/mol. The van der Waals surface area contributed by atoms with Crippen LogP contribution < -0.4 is 15.8 Å². The van der Waals surface area contributed by atoms with Gasteiger partial charge in [-0.3, -0.25) is 4.79 Å². The number of carbonyl (C=O) groups is 1. The number of benzene rings is 3. The van der Waals surface area contributed by atoms with Crippen molar-refractivity contribution in [1.82, 2.24) is 10.3 Å². The standard InChI is InChI=1S/C29H25N3O2S/c1-18-8-10-20(11-9-18)23-16-24(21-12-14-22(34-2)15-13-21)32-29-25(23)26(30)27(35-29)28(33)31-17-19-6-4-3-5-7-19/h3-16H,17,30H2,1-2H3,(H,31,33). The van der Waals surface area contributed by atoms with Crippen molar-refractivity contribution in [2.45, 2.75) is 13.5 Å². The van der Waals surface area contributed by atoms with E-state index in [2.05, 4.69) is 36.5 Å². The summed E-state index contributed by atoms with van der Waals surface area (Å²) in [7, 11) is 1.65. The molecular formula is C29H25N3O2S. The van der Waals surface area contributed by atoms with Gasteiger partial charge in [0.05, 0.1) is 18.5 Å². The van der Waals surface area contributed by atoms with Gasteiger partial charge < -0.3 is 15.8 Å². The highest BCUT2D eigenvalue weighted by molar-refractivity contribution is 7.21. The molecular weight excluding hydrogens is 454 g/mol. The lowest BCUT2D eigenvalue weighted by atomic mass is 9.98. The molecule has 0 aliphatic heterocycles. The number of carbonyl (C=O) groups excluding carboxylic acids is 1. The number of nitrogens with two attached hydrogens (primary N) is 1. The van der Waals surface area contributed by atoms with Crippen LogP contribution in [-0.4, -0.2) is 18.0 Å². The zero-order valence-corrected chi connectivity index (χ0v) is 20.4. The average molecular weight is 480 g/mol. The fraction of sp³-hybridized carbons (Fsp3) is 0.103. The molecule has 3 aromatic carbocycles. The molecule has 0 aliphatic carbocycles. The normalized spacial score (nSPS) is 10.9. The molecule has 5 aromatic rings. The molecule has 0 atom stereocenters. The lowest BCUT2D eigenvalue weighted by Crippen LogP contribution is -2.22. The van der Waals surface area contributed by atoms with E-state index in [-0.39, 0.29) is 5.91 Å². The first-order valence-corrected chi connectivity index (χ1v) is 12.1. The van der Waals surface area contributed by atoms with E-state index >= 15 is 0 Å². The van der Waals surface area contributed by atoms with Gasteiger partial charge in [0.2, 0.25) is 0 Å². The number of methoxy groups -OCH3 is 1. The number of ether oxygens (including phenoxy) is 1. The number of fused-ring (bicyclic) bond motifs is 1. The van der Waals surface area contributed by atoms with Gasteiger partial charge in [0.15, 0.2) is 0 Å². The number of aromatic nitrogens is 1. The summed E-state index contributed by atoms with van der Waals surface area (Å²) in [6.45, 7) is 2.49. The van der Waals surface area contributed by atoms with Gasteiger partial charge in [0.25, 0.3) is 5.91 Å². The van der Waals surface area contributed by atoms with Crippen molar-refractivity contribution in [1.29, 1.82) is 0 Å². The van der Waals surface area contributed by atoms with Crippen LogP contribution in [0.5, 0.6) is 5.75 Å². The third kappa shape index (κ3) is 4.61. The number of pyridine rings is 1. The van der Waals surface area contributed by atoms with Crippen molar-refractivity contribution < 1.29 is 9.53 Å². The maximum Gasteiger partial charge on any atom is 0.263 e. The summed E-state index contributed by atoms with van der Waals surface area (Å²) in [5, 5.41) is 3.80. The molecule has 2 aromatic heterocycles. The van der Waals surface area contributed by atoms with Crippen LogP contribution in [0, 0.1) is 6.92 Å². The van der Waals surface area contributed by atoms with Crippen LogP contribution >= 0.6 is 11.3 Å². The molecule has 0 fully saturated rings. The second-order valence-electron chi connectivity index (χ2n) is 8.34. The summed E-state index contributed by atoms with van der Waals surface area (Å²) in [6, 6.07) is 28.0. The Kier molecular flexibility index (Phi) is 6.21. The Labute approximate surface area is 208 Å². The van der Waals surface area contributed by atoms with Crippen molar-refractivity contribution in [3.05, 3.63) is 101 Å². The van der Waals surface area contributed by atoms with Crippen molar-refractivity contribution >= 4 is 33.1 Å². The van der Waals surface area contributed by atoms with Gasteiger partial charge in [-0.05, 0) is 53.9 Å². The van der Waals surface area contributed by atoms with Gasteiger partial charge in [-0.2, -0.15) is 0 Å². The molecule has 0 saturated heterocycles. The first-order chi connectivity index (χ1) is 17.0. The lowest BCUT2D eigenvalue weighted by Gasteiger charge is -2.10. The largest absolute Gasteiger partial charge is 0.497 e. The Morgan fingerprint density at radius 3 is 2.34 bits per heavy atom. The van der Waals surface area contributed by atoms with E-state index in [1.165, 1.54) is 16.9 Å². The average Bonchev–Trinajstić information content (AvgIpc) is 3.24. The summed E-state index contributed by atoms with van der Waals surface area (Å²) in [5.41, 5.74) is 13.0. The van der Waals surface area contributed by atoms with E-state index in [0.717, 1.165) is 43.9 Å². The topological polar surface area (TPSA) is 77.2 Å². The molecule has 174 valence electrons. The summed E-state index contributed by atoms with van der Waals surface area (Å²) in [4.78, 5) is 19.2. The lowest BCUT2D eigenvalue weighted by molar-refractivity contribution is 0.0956. The molecule has 2 heterocycles. The van der Waals surface area contributed by atoms with Crippen LogP contribution in [0.3, 0.4) is 0 Å². The van der Waals surface area contributed by atoms with E-state index in [0.29, 0.717) is 17.1 Å². The van der Waals surface area contributed by atoms with E-state index in [1.807, 2.05) is 60.7 Å². The van der Waals surface area contributed by atoms with Gasteiger partial charge in [-0.25, -0.2) is 4.98 Å². The zero-order valence-electron chi connectivity index (χ0n) is 19.5. The molecule has 1 amide bonds. The quantitative estimate of drug-likeness (QED) is 0.293. The minimum atomic E-state index is -0.199. The molecule has 0 unspecified atom stereocenters. The van der Waals surface area contributed by atoms with Crippen LogP contribution in [-0.2, 0) is 6.54 Å². The molecule has 35 heavy (non-hydrogen) atoms. The molecule has 5 nitrogen and oxygen atoms in total. The highest BCUT2D eigenvalue weighted by Crippen LogP contribution is 2.41. The number of rotatable bonds is 6. The summed E-state index contributed by atoms with van der Waals surface area (Å²) in [6.07, 6.45) is 0. The molecule has 0 spiro atoms. The molecule has 5 rings (SSSR count). The van der Waals surface area contributed by atoms with Gasteiger partial charge in [-0.15, -0.1) is 11.3 Å². The number of thiophene rings is 1. The van der Waals surface area contributed by atoms with Crippen LogP contribution in [0.2, 0.25) is 0 Å². The van der Waals surface area contributed by atoms with Gasteiger partial charge in [-0.1, -0.05) is 60.2 Å². The van der Waals surface area contributed by atoms with E-state index < -0.39 is 0 Å².